The third-order valence-corrected chi connectivity index (χ3v) is 19.3. The first-order valence-corrected chi connectivity index (χ1v) is 38.0. The number of aliphatic hydroxyl groups excluding tert-OH is 1. The lowest BCUT2D eigenvalue weighted by molar-refractivity contribution is -0.143. The second kappa shape index (κ2) is 46.8. The molecule has 3 aliphatic rings. The van der Waals surface area contributed by atoms with Crippen molar-refractivity contribution in [3.8, 4) is 0 Å². The van der Waals surface area contributed by atoms with Gasteiger partial charge in [0.15, 0.2) is 5.96 Å². The number of nitrogens with two attached hydrogens (primary N) is 3. The highest BCUT2D eigenvalue weighted by molar-refractivity contribution is 6.02. The van der Waals surface area contributed by atoms with E-state index in [2.05, 4.69) is 79.4 Å². The van der Waals surface area contributed by atoms with Crippen LogP contribution in [0.15, 0.2) is 65.7 Å². The number of primary amides is 1. The van der Waals surface area contributed by atoms with E-state index in [1.54, 1.807) is 88.4 Å². The number of benzene rings is 2. The number of nitrogens with one attached hydrogen (secondary N) is 14. The molecular weight excluding hydrogens is 1490 g/mol. The van der Waals surface area contributed by atoms with Gasteiger partial charge in [0, 0.05) is 52.4 Å². The predicted molar refractivity (Wildman–Crippen MR) is 406 cm³/mol. The molecule has 0 aliphatic carbocycles. The Bertz CT molecular complexity index is 3770. The van der Waals surface area contributed by atoms with Gasteiger partial charge in [0.2, 0.25) is 94.5 Å². The lowest BCUT2D eigenvalue weighted by atomic mass is 9.97. The molecule has 3 heterocycles. The molecule has 114 heavy (non-hydrogen) atoms. The van der Waals surface area contributed by atoms with Gasteiger partial charge < -0.3 is 112 Å². The van der Waals surface area contributed by atoms with E-state index in [1.807, 2.05) is 0 Å². The molecule has 23 N–H and O–H groups in total. The second-order valence-corrected chi connectivity index (χ2v) is 28.6. The van der Waals surface area contributed by atoms with Crippen molar-refractivity contribution in [1.82, 2.24) is 79.3 Å². The number of aliphatic hydroxyl groups is 1. The molecule has 3 saturated heterocycles. The van der Waals surface area contributed by atoms with Crippen LogP contribution in [-0.4, -0.2) is 244 Å². The van der Waals surface area contributed by atoms with E-state index in [9.17, 15) is 96.8 Å². The molecular formula is C74H109N19O21. The number of nitrogens with zero attached hydrogens (tertiary/aromatic N) is 2. The minimum absolute atomic E-state index is 0.00836. The molecule has 3 aliphatic heterocycles. The number of carboxylic acid groups (broad SMARTS) is 2. The molecule has 2 aromatic carbocycles. The Kier molecular flexibility index (Phi) is 38.1. The van der Waals surface area contributed by atoms with Crippen molar-refractivity contribution < 1.29 is 102 Å². The molecule has 40 heteroatoms. The van der Waals surface area contributed by atoms with Gasteiger partial charge in [-0.2, -0.15) is 0 Å². The summed E-state index contributed by atoms with van der Waals surface area (Å²) in [4.78, 5) is 257. The molecule has 0 spiro atoms. The van der Waals surface area contributed by atoms with Crippen LogP contribution in [0.5, 0.6) is 0 Å². The number of carbonyl (C=O) groups excluding carboxylic acids is 16. The van der Waals surface area contributed by atoms with Crippen LogP contribution < -0.4 is 91.6 Å². The molecule has 626 valence electrons. The molecule has 0 radical (unpaired) electrons. The average Bonchev–Trinajstić information content (AvgIpc) is 1.77. The van der Waals surface area contributed by atoms with E-state index in [0.29, 0.717) is 17.5 Å². The number of aliphatic imine (C=N–C) groups is 1. The van der Waals surface area contributed by atoms with Crippen LogP contribution in [-0.2, 0) is 99.1 Å². The van der Waals surface area contributed by atoms with E-state index < -0.39 is 242 Å². The molecule has 0 unspecified atom stereocenters. The third-order valence-electron chi connectivity index (χ3n) is 19.3. The van der Waals surface area contributed by atoms with Crippen LogP contribution in [0.2, 0.25) is 0 Å². The molecule has 3 fully saturated rings. The third kappa shape index (κ3) is 31.0. The smallest absolute Gasteiger partial charge is 0.305 e. The zero-order valence-electron chi connectivity index (χ0n) is 64.5. The molecule has 40 nitrogen and oxygen atoms in total. The Labute approximate surface area is 658 Å². The maximum Gasteiger partial charge on any atom is 0.305 e. The van der Waals surface area contributed by atoms with Gasteiger partial charge in [-0.1, -0.05) is 94.8 Å². The lowest BCUT2D eigenvalue weighted by Gasteiger charge is -2.30. The number of aliphatic carboxylic acids is 2. The summed E-state index contributed by atoms with van der Waals surface area (Å²) in [6, 6.07) is -4.86. The summed E-state index contributed by atoms with van der Waals surface area (Å²) in [5.74, 6) is -20.9. The van der Waals surface area contributed by atoms with Crippen LogP contribution >= 0.6 is 0 Å². The normalized spacial score (nSPS) is 24.1. The minimum atomic E-state index is -2.04. The highest BCUT2D eigenvalue weighted by atomic mass is 16.4. The number of amides is 16. The largest absolute Gasteiger partial charge is 0.481 e. The number of likely N-dealkylation sites (tertiary alicyclic amines) is 1. The van der Waals surface area contributed by atoms with E-state index in [0.717, 1.165) is 0 Å². The first-order valence-electron chi connectivity index (χ1n) is 38.0. The standard InChI is InChI=1S/C74H109N19O21/c1-6-40(4)60-72(113)85-46(25-17-31-80-74(76)77)63(104)87-50(69(110)91-59(39(2)3)61(75)102)36-56(97)79-29-15-13-23-44(64(105)90-53(38-94)70(111)92-60)82-67(108)49-35-55(96)78-30-16-14-24-45(84-71(112)54-26-18-32-93(54)73(114)52(81-41(5)95)34-43-21-11-8-12-22-43)62(103)89-51(37-58(100)101)68(109)83-47(27-28-57(98)99)65(106)86-48(66(107)88-49)33-42-19-9-7-10-20-42/h7-12,19-22,39-40,44-54,59-60,94H,6,13-18,23-38H2,1-5H3,(H2,75,102)(H,78,96)(H,79,97)(H,81,95)(H,82,108)(H,83,109)(H,84,112)(H,85,113)(H,86,106)(H,87,104)(H,88,107)(H,89,103)(H,90,105)(H,91,110)(H,92,111)(H,98,99)(H,100,101)(H4,76,77,80)/t40-,44-,45-,46-,47-,48-,49-,50-,51-,52-,53-,54-,59-,60-/m0/s1. The molecule has 0 aromatic heterocycles. The van der Waals surface area contributed by atoms with Crippen molar-refractivity contribution in [3.05, 3.63) is 71.8 Å². The first-order chi connectivity index (χ1) is 54.1. The minimum Gasteiger partial charge on any atom is -0.481 e. The fraction of sp³-hybridized carbons (Fsp3) is 0.581. The summed E-state index contributed by atoms with van der Waals surface area (Å²) in [5, 5.41) is 65.7. The van der Waals surface area contributed by atoms with Gasteiger partial charge in [0.05, 0.1) is 25.9 Å². The molecule has 2 aromatic rings. The van der Waals surface area contributed by atoms with E-state index in [4.69, 9.17) is 17.2 Å². The number of guanidine groups is 1. The fourth-order valence-electron chi connectivity index (χ4n) is 12.8. The van der Waals surface area contributed by atoms with E-state index in [1.165, 1.54) is 11.8 Å². The Morgan fingerprint density at radius 3 is 1.59 bits per heavy atom. The highest BCUT2D eigenvalue weighted by Gasteiger charge is 2.42. The van der Waals surface area contributed by atoms with Gasteiger partial charge in [0.1, 0.15) is 78.5 Å². The van der Waals surface area contributed by atoms with Gasteiger partial charge in [-0.25, -0.2) is 0 Å². The average molecular weight is 1600 g/mol. The van der Waals surface area contributed by atoms with Crippen LogP contribution in [0.25, 0.3) is 0 Å². The van der Waals surface area contributed by atoms with Gasteiger partial charge in [0.25, 0.3) is 0 Å². The molecule has 5 rings (SSSR count). The number of rotatable bonds is 26. The first kappa shape index (κ1) is 92.7. The summed E-state index contributed by atoms with van der Waals surface area (Å²) in [6.07, 6.45) is -5.13. The fourth-order valence-corrected chi connectivity index (χ4v) is 12.8. The van der Waals surface area contributed by atoms with Crippen molar-refractivity contribution in [3.63, 3.8) is 0 Å². The van der Waals surface area contributed by atoms with Gasteiger partial charge in [-0.05, 0) is 93.6 Å². The zero-order chi connectivity index (χ0) is 84.3. The highest BCUT2D eigenvalue weighted by Crippen LogP contribution is 2.22. The van der Waals surface area contributed by atoms with Crippen LogP contribution in [0.3, 0.4) is 0 Å². The summed E-state index contributed by atoms with van der Waals surface area (Å²) < 4.78 is 0. The van der Waals surface area contributed by atoms with Crippen molar-refractivity contribution >= 4 is 112 Å². The Balaban J connectivity index is 1.55. The van der Waals surface area contributed by atoms with Crippen molar-refractivity contribution in [2.75, 3.05) is 32.8 Å². The Morgan fingerprint density at radius 2 is 1.05 bits per heavy atom. The molecule has 0 saturated carbocycles. The van der Waals surface area contributed by atoms with Gasteiger partial charge in [-0.15, -0.1) is 0 Å². The van der Waals surface area contributed by atoms with Crippen LogP contribution in [0.4, 0.5) is 0 Å². The second-order valence-electron chi connectivity index (χ2n) is 28.6. The predicted octanol–water partition coefficient (Wildman–Crippen LogP) is -5.75. The van der Waals surface area contributed by atoms with Crippen molar-refractivity contribution in [1.29, 1.82) is 0 Å². The van der Waals surface area contributed by atoms with Gasteiger partial charge >= 0.3 is 11.9 Å². The maximum absolute atomic E-state index is 15.1. The number of carboxylic acids is 2. The van der Waals surface area contributed by atoms with Crippen LogP contribution in [0, 0.1) is 11.8 Å². The van der Waals surface area contributed by atoms with Crippen LogP contribution in [0.1, 0.15) is 148 Å². The summed E-state index contributed by atoms with van der Waals surface area (Å²) in [7, 11) is 0. The Hall–Kier alpha value is -11.9. The SMILES string of the molecule is CC[C@H](C)[C@@H]1NC(=O)[C@H](CO)NC(=O)[C@@H](NC(=O)[C@@H]2CC(=O)NCCCC[C@H](NC(=O)[C@@H]3CCCN3C(=O)[C@H](Cc3ccccc3)NC(C)=O)C(=O)N[C@@H](CC(=O)O)C(=O)N[C@@H](CCC(=O)O)C(=O)N[C@@H](Cc3ccccc3)C(=O)N2)CCCCNC(=O)C[C@@H](C(=O)N[C@H](C(N)=O)C(C)C)NC(=O)[C@H](CCCN=C(N)N)NC1=O. The topological polar surface area (TPSA) is 630 Å². The number of carbonyl (C=O) groups is 18. The van der Waals surface area contributed by atoms with E-state index in [-0.39, 0.29) is 103 Å². The maximum atomic E-state index is 15.1. The summed E-state index contributed by atoms with van der Waals surface area (Å²) in [5.41, 5.74) is 17.7. The molecule has 14 atom stereocenters. The van der Waals surface area contributed by atoms with Gasteiger partial charge in [-0.3, -0.25) is 91.3 Å². The summed E-state index contributed by atoms with van der Waals surface area (Å²) >= 11 is 0. The monoisotopic (exact) mass is 1600 g/mol. The Morgan fingerprint density at radius 1 is 0.553 bits per heavy atom. The lowest BCUT2D eigenvalue weighted by Crippen LogP contribution is -2.62. The summed E-state index contributed by atoms with van der Waals surface area (Å²) in [6.45, 7) is 6.03. The number of hydrogen-bond acceptors (Lipinski definition) is 20. The quantitative estimate of drug-likeness (QED) is 0.0237. The number of hydrogen-bond donors (Lipinski definition) is 20. The van der Waals surface area contributed by atoms with Crippen molar-refractivity contribution in [2.24, 2.45) is 34.0 Å². The van der Waals surface area contributed by atoms with Crippen molar-refractivity contribution in [2.45, 2.75) is 229 Å². The van der Waals surface area contributed by atoms with E-state index >= 15 is 4.79 Å². The molecule has 16 amide bonds. The zero-order valence-corrected chi connectivity index (χ0v) is 64.5. The molecule has 0 bridgehead atoms.